The third kappa shape index (κ3) is 4.72. The van der Waals surface area contributed by atoms with Gasteiger partial charge in [0.25, 0.3) is 5.85 Å². The van der Waals surface area contributed by atoms with Gasteiger partial charge in [0, 0.05) is 13.1 Å². The van der Waals surface area contributed by atoms with Crippen molar-refractivity contribution in [2.24, 2.45) is 0 Å². The van der Waals surface area contributed by atoms with Gasteiger partial charge in [-0.15, -0.1) is 11.6 Å². The number of carbonyl (C=O) groups is 3. The molecule has 0 saturated carbocycles. The highest BCUT2D eigenvalue weighted by atomic mass is 127. The molecule has 0 N–H and O–H groups in total. The molecule has 1 saturated heterocycles. The Balaban J connectivity index is 2.38. The van der Waals surface area contributed by atoms with Crippen molar-refractivity contribution in [1.82, 2.24) is 4.90 Å². The number of carbonyl (C=O) groups excluding carboxylic acids is 3. The summed E-state index contributed by atoms with van der Waals surface area (Å²) < 4.78 is 26.2. The van der Waals surface area contributed by atoms with Crippen LogP contribution in [-0.4, -0.2) is 50.0 Å². The van der Waals surface area contributed by atoms with Gasteiger partial charge in [-0.25, -0.2) is 9.18 Å². The van der Waals surface area contributed by atoms with Crippen molar-refractivity contribution in [1.29, 1.82) is 0 Å². The molecule has 1 aliphatic heterocycles. The van der Waals surface area contributed by atoms with Crippen LogP contribution >= 0.6 is 34.2 Å². The molecule has 152 valence electrons. The minimum Gasteiger partial charge on any atom is -0.451 e. The predicted molar refractivity (Wildman–Crippen MR) is 110 cm³/mol. The number of benzene rings is 1. The summed E-state index contributed by atoms with van der Waals surface area (Å²) in [4.78, 5) is 35.2. The molecule has 28 heavy (non-hydrogen) atoms. The molecule has 0 unspecified atom stereocenters. The largest absolute Gasteiger partial charge is 0.451 e. The number of esters is 1. The van der Waals surface area contributed by atoms with Crippen LogP contribution in [0.15, 0.2) is 42.6 Å². The second kappa shape index (κ2) is 8.87. The van der Waals surface area contributed by atoms with Gasteiger partial charge in [0.1, 0.15) is 4.87 Å². The number of hydrogen-bond donors (Lipinski definition) is 0. The number of amides is 1. The maximum Gasteiger partial charge on any atom is 0.338 e. The number of hydrogen-bond acceptors (Lipinski definition) is 5. The number of ether oxygens (including phenoxy) is 2. The van der Waals surface area contributed by atoms with Gasteiger partial charge in [0.2, 0.25) is 5.91 Å². The summed E-state index contributed by atoms with van der Waals surface area (Å²) in [5.41, 5.74) is 0.231. The molecule has 6 nitrogen and oxygen atoms in total. The van der Waals surface area contributed by atoms with E-state index in [9.17, 15) is 14.4 Å². The number of halogens is 3. The van der Waals surface area contributed by atoms with Crippen molar-refractivity contribution in [3.8, 4) is 0 Å². The lowest BCUT2D eigenvalue weighted by Crippen LogP contribution is -2.51. The highest BCUT2D eigenvalue weighted by Gasteiger charge is 2.66. The van der Waals surface area contributed by atoms with Crippen LogP contribution in [0.3, 0.4) is 0 Å². The third-order valence-corrected chi connectivity index (χ3v) is 5.62. The zero-order valence-corrected chi connectivity index (χ0v) is 18.4. The first-order chi connectivity index (χ1) is 13.0. The monoisotopic (exact) mass is 523 g/mol. The van der Waals surface area contributed by atoms with Gasteiger partial charge in [-0.3, -0.25) is 14.5 Å². The van der Waals surface area contributed by atoms with E-state index in [1.165, 1.54) is 39.1 Å². The summed E-state index contributed by atoms with van der Waals surface area (Å²) >= 11 is 8.35. The number of allylic oxidation sites excluding steroid dienone is 1. The number of alkyl halides is 3. The topological polar surface area (TPSA) is 72.9 Å². The Bertz CT molecular complexity index is 788. The summed E-state index contributed by atoms with van der Waals surface area (Å²) in [5.74, 6) is -4.01. The molecular weight excluding hydrogens is 504 g/mol. The smallest absolute Gasteiger partial charge is 0.338 e. The summed E-state index contributed by atoms with van der Waals surface area (Å²) in [7, 11) is 0. The lowest BCUT2D eigenvalue weighted by atomic mass is 9.99. The van der Waals surface area contributed by atoms with E-state index >= 15 is 4.39 Å². The van der Waals surface area contributed by atoms with Crippen molar-refractivity contribution >= 4 is 51.9 Å². The molecule has 1 amide bonds. The summed E-state index contributed by atoms with van der Waals surface area (Å²) in [5, 5.41) is 0. The van der Waals surface area contributed by atoms with Crippen molar-refractivity contribution in [2.45, 2.75) is 43.8 Å². The van der Waals surface area contributed by atoms with E-state index in [2.05, 4.69) is 0 Å². The average molecular weight is 524 g/mol. The zero-order chi connectivity index (χ0) is 21.1. The fraction of sp³-hybridized carbons (Fsp3) is 0.421. The number of nitrogens with zero attached hydrogens (tertiary/aromatic N) is 1. The van der Waals surface area contributed by atoms with Crippen LogP contribution < -0.4 is 0 Å². The first-order valence-corrected chi connectivity index (χ1v) is 10.3. The highest BCUT2D eigenvalue weighted by molar-refractivity contribution is 14.1. The Labute approximate surface area is 181 Å². The molecule has 0 spiro atoms. The van der Waals surface area contributed by atoms with Gasteiger partial charge in [0.05, 0.1) is 9.99 Å². The maximum atomic E-state index is 15.5. The molecule has 4 atom stereocenters. The van der Waals surface area contributed by atoms with Gasteiger partial charge in [-0.1, -0.05) is 40.8 Å². The molecule has 0 aromatic heterocycles. The van der Waals surface area contributed by atoms with Crippen LogP contribution in [-0.2, 0) is 19.1 Å². The van der Waals surface area contributed by atoms with Gasteiger partial charge in [-0.05, 0) is 32.1 Å². The van der Waals surface area contributed by atoms with Crippen LogP contribution in [0.5, 0.6) is 0 Å². The van der Waals surface area contributed by atoms with E-state index in [0.717, 1.165) is 11.0 Å². The first-order valence-electron chi connectivity index (χ1n) is 8.38. The Morgan fingerprint density at radius 1 is 1.32 bits per heavy atom. The second-order valence-corrected chi connectivity index (χ2v) is 8.12. The molecule has 9 heteroatoms. The van der Waals surface area contributed by atoms with Gasteiger partial charge in [0.15, 0.2) is 18.1 Å². The van der Waals surface area contributed by atoms with E-state index in [0.29, 0.717) is 0 Å². The van der Waals surface area contributed by atoms with E-state index in [-0.39, 0.29) is 15.8 Å². The molecule has 1 aromatic carbocycles. The van der Waals surface area contributed by atoms with Crippen LogP contribution in [0.2, 0.25) is 0 Å². The fourth-order valence-corrected chi connectivity index (χ4v) is 3.77. The summed E-state index contributed by atoms with van der Waals surface area (Å²) in [6.07, 6.45) is -0.463. The molecule has 1 aromatic rings. The number of rotatable bonds is 6. The van der Waals surface area contributed by atoms with Crippen LogP contribution in [0.1, 0.15) is 31.1 Å². The highest BCUT2D eigenvalue weighted by Crippen LogP contribution is 2.48. The first kappa shape index (κ1) is 22.8. The van der Waals surface area contributed by atoms with Crippen molar-refractivity contribution in [3.63, 3.8) is 0 Å². The minimum atomic E-state index is -2.43. The Hall–Kier alpha value is -1.52. The number of ketones is 1. The second-order valence-electron chi connectivity index (χ2n) is 6.55. The summed E-state index contributed by atoms with van der Waals surface area (Å²) in [6, 6.07) is 8.09. The SMILES string of the molecule is CC(=O)/C=C\N(C(C)=O)[C@@H]1O[C@](F)(CI)[C@@H](OC(=O)c2ccccc2)[C@@]1(C)Cl. The van der Waals surface area contributed by atoms with Gasteiger partial charge in [-0.2, -0.15) is 0 Å². The Kier molecular flexibility index (Phi) is 7.22. The predicted octanol–water partition coefficient (Wildman–Crippen LogP) is 3.62. The van der Waals surface area contributed by atoms with Crippen molar-refractivity contribution in [3.05, 3.63) is 48.2 Å². The molecule has 2 rings (SSSR count). The molecule has 1 aliphatic rings. The van der Waals surface area contributed by atoms with Crippen molar-refractivity contribution < 1.29 is 28.2 Å². The average Bonchev–Trinajstić information content (AvgIpc) is 2.83. The molecule has 1 fully saturated rings. The van der Waals surface area contributed by atoms with E-state index in [4.69, 9.17) is 21.1 Å². The lowest BCUT2D eigenvalue weighted by molar-refractivity contribution is -0.180. The normalized spacial score (nSPS) is 29.6. The zero-order valence-electron chi connectivity index (χ0n) is 15.5. The lowest BCUT2D eigenvalue weighted by Gasteiger charge is -2.33. The van der Waals surface area contributed by atoms with Crippen LogP contribution in [0, 0.1) is 0 Å². The van der Waals surface area contributed by atoms with Gasteiger partial charge < -0.3 is 9.47 Å². The molecule has 0 aliphatic carbocycles. The van der Waals surface area contributed by atoms with Crippen LogP contribution in [0.4, 0.5) is 4.39 Å². The quantitative estimate of drug-likeness (QED) is 0.247. The van der Waals surface area contributed by atoms with E-state index in [1.807, 2.05) is 0 Å². The van der Waals surface area contributed by atoms with Gasteiger partial charge >= 0.3 is 5.97 Å². The fourth-order valence-electron chi connectivity index (χ4n) is 2.83. The van der Waals surface area contributed by atoms with Crippen molar-refractivity contribution in [2.75, 3.05) is 4.43 Å². The maximum absolute atomic E-state index is 15.5. The standard InChI is InChI=1S/C19H20ClFINO5/c1-12(24)9-10-23(13(2)25)17-18(3,20)16(19(21,11-22)28-17)27-15(26)14-7-5-4-6-8-14/h4-10,16-17H,11H2,1-3H3/b10-9-/t16-,17+,18+,19+/m0/s1. The molecular formula is C19H20ClFINO5. The summed E-state index contributed by atoms with van der Waals surface area (Å²) in [6.45, 7) is 3.96. The van der Waals surface area contributed by atoms with E-state index < -0.39 is 34.9 Å². The minimum absolute atomic E-state index is 0.196. The Morgan fingerprint density at radius 3 is 2.43 bits per heavy atom. The molecule has 0 radical (unpaired) electrons. The Morgan fingerprint density at radius 2 is 1.93 bits per heavy atom. The van der Waals surface area contributed by atoms with E-state index in [1.54, 1.807) is 40.8 Å². The molecule has 1 heterocycles. The third-order valence-electron chi connectivity index (χ3n) is 4.20. The van der Waals surface area contributed by atoms with Crippen LogP contribution in [0.25, 0.3) is 0 Å². The molecule has 0 bridgehead atoms.